The van der Waals surface area contributed by atoms with Crippen molar-refractivity contribution in [1.29, 1.82) is 0 Å². The Balaban J connectivity index is 1.76. The molecule has 3 fully saturated rings. The van der Waals surface area contributed by atoms with Crippen LogP contribution in [0.1, 0.15) is 62.3 Å². The van der Waals surface area contributed by atoms with E-state index in [2.05, 4.69) is 31.9 Å². The molecule has 82 heavy (non-hydrogen) atoms. The normalized spacial score (nSPS) is 27.5. The van der Waals surface area contributed by atoms with Crippen LogP contribution >= 0.6 is 36.7 Å². The van der Waals surface area contributed by atoms with E-state index in [0.717, 1.165) is 62.3 Å². The number of methoxy groups -OCH3 is 3. The van der Waals surface area contributed by atoms with E-state index < -0.39 is 146 Å². The van der Waals surface area contributed by atoms with Gasteiger partial charge in [0, 0.05) is 143 Å². The molecule has 3 heterocycles. The minimum Gasteiger partial charge on any atom is -0.456 e. The highest BCUT2D eigenvalue weighted by Gasteiger charge is 2.55. The van der Waals surface area contributed by atoms with E-state index >= 15 is 0 Å². The highest BCUT2D eigenvalue weighted by Crippen LogP contribution is 2.32. The molecule has 3 aliphatic heterocycles. The van der Waals surface area contributed by atoms with Crippen LogP contribution in [0, 0.1) is 0 Å². The van der Waals surface area contributed by atoms with E-state index in [0.29, 0.717) is 19.6 Å². The van der Waals surface area contributed by atoms with Gasteiger partial charge in [0.2, 0.25) is 0 Å². The summed E-state index contributed by atoms with van der Waals surface area (Å²) in [5.41, 5.74) is 0. The predicted molar refractivity (Wildman–Crippen MR) is 289 cm³/mol. The Bertz CT molecular complexity index is 2000. The molecule has 0 unspecified atom stereocenters. The number of carbonyl (C=O) groups excluding carboxylic acids is 9. The first kappa shape index (κ1) is 70.3. The van der Waals surface area contributed by atoms with Crippen LogP contribution in [0.5, 0.6) is 0 Å². The Morgan fingerprint density at radius 1 is 0.329 bits per heavy atom. The van der Waals surface area contributed by atoms with Crippen LogP contribution in [0.4, 0.5) is 0 Å². The second-order valence-electron chi connectivity index (χ2n) is 18.3. The van der Waals surface area contributed by atoms with Crippen LogP contribution in [-0.4, -0.2) is 246 Å². The Labute approximate surface area is 489 Å². The number of thiocarbonyl (C=S) groups is 3. The van der Waals surface area contributed by atoms with Crippen LogP contribution in [0.15, 0.2) is 0 Å². The fourth-order valence-corrected chi connectivity index (χ4v) is 9.27. The molecule has 6 N–H and O–H groups in total. The molecule has 0 aromatic rings. The number of ether oxygens (including phenoxy) is 15. The summed E-state index contributed by atoms with van der Waals surface area (Å²) in [5.74, 6) is -6.66. The summed E-state index contributed by atoms with van der Waals surface area (Å²) in [4.78, 5) is 111. The SMILES string of the molecule is CO[C@H]1O[C@H](CNC(=S)NCCN(CCNC(=S)NC[C@H]2O[C@H](OC)[C@@H](OC(C)=O)[C@@H](OC(C)=O)[C@@H]2OC(C)=O)CCNC(=S)NC[C@H]2O[C@H](OC)[C@@H](OC(C)=O)[C@@H](OC(C)=O)[C@@H]2OC(C)=O)[C@@H](OC(C)=O)[C@H](OC(C)=O)[C@@H]1OC(C)=O. The average Bonchev–Trinajstić information content (AvgIpc) is 3.49. The zero-order valence-electron chi connectivity index (χ0n) is 47.5. The number of rotatable bonds is 27. The van der Waals surface area contributed by atoms with E-state index in [9.17, 15) is 43.2 Å². The lowest BCUT2D eigenvalue weighted by Crippen LogP contribution is -2.64. The Kier molecular flexibility index (Phi) is 30.2. The number of carbonyl (C=O) groups is 9. The summed E-state index contributed by atoms with van der Waals surface area (Å²) in [6.07, 6.45) is -18.4. The summed E-state index contributed by atoms with van der Waals surface area (Å²) < 4.78 is 83.5. The quantitative estimate of drug-likeness (QED) is 0.0274. The van der Waals surface area contributed by atoms with Gasteiger partial charge in [-0.05, 0) is 36.7 Å². The van der Waals surface area contributed by atoms with Crippen molar-refractivity contribution in [3.8, 4) is 0 Å². The van der Waals surface area contributed by atoms with Crippen molar-refractivity contribution in [2.75, 3.05) is 80.2 Å². The van der Waals surface area contributed by atoms with Crippen molar-refractivity contribution >= 4 is 106 Å². The molecule has 0 radical (unpaired) electrons. The lowest BCUT2D eigenvalue weighted by atomic mass is 9.97. The van der Waals surface area contributed by atoms with Crippen LogP contribution in [0.25, 0.3) is 0 Å². The Morgan fingerprint density at radius 3 is 0.720 bits per heavy atom. The molecule has 34 heteroatoms. The molecule has 464 valence electrons. The first-order valence-electron chi connectivity index (χ1n) is 25.5. The largest absolute Gasteiger partial charge is 0.456 e. The number of nitrogens with zero attached hydrogens (tertiary/aromatic N) is 1. The minimum atomic E-state index is -1.32. The van der Waals surface area contributed by atoms with E-state index in [4.69, 9.17) is 108 Å². The third kappa shape index (κ3) is 23.7. The van der Waals surface area contributed by atoms with Crippen molar-refractivity contribution in [1.82, 2.24) is 36.8 Å². The van der Waals surface area contributed by atoms with Crippen LogP contribution in [0.2, 0.25) is 0 Å². The maximum atomic E-state index is 12.3. The number of hydrogen-bond donors (Lipinski definition) is 6. The van der Waals surface area contributed by atoms with Gasteiger partial charge in [0.1, 0.15) is 18.3 Å². The molecule has 0 bridgehead atoms. The average molecular weight is 1230 g/mol. The monoisotopic (exact) mass is 1230 g/mol. The lowest BCUT2D eigenvalue weighted by molar-refractivity contribution is -0.296. The molecule has 3 saturated heterocycles. The fraction of sp³-hybridized carbons (Fsp3) is 0.750. The number of esters is 9. The Morgan fingerprint density at radius 2 is 0.524 bits per heavy atom. The summed E-state index contributed by atoms with van der Waals surface area (Å²) in [5, 5.41) is 18.8. The highest BCUT2D eigenvalue weighted by molar-refractivity contribution is 7.80. The van der Waals surface area contributed by atoms with Gasteiger partial charge in [0.25, 0.3) is 0 Å². The molecular weight excluding hydrogens is 1150 g/mol. The Hall–Kier alpha value is -5.98. The molecule has 0 saturated carbocycles. The summed E-state index contributed by atoms with van der Waals surface area (Å²) >= 11 is 16.8. The molecule has 31 nitrogen and oxygen atoms in total. The van der Waals surface area contributed by atoms with Gasteiger partial charge in [0.15, 0.2) is 89.1 Å². The molecule has 0 aromatic carbocycles. The van der Waals surface area contributed by atoms with Gasteiger partial charge in [-0.1, -0.05) is 0 Å². The molecule has 3 rings (SSSR count). The van der Waals surface area contributed by atoms with Gasteiger partial charge < -0.3 is 103 Å². The topological polar surface area (TPSA) is 368 Å². The molecule has 0 amide bonds. The predicted octanol–water partition coefficient (Wildman–Crippen LogP) is -2.82. The molecule has 0 aromatic heterocycles. The van der Waals surface area contributed by atoms with Gasteiger partial charge in [-0.3, -0.25) is 48.1 Å². The van der Waals surface area contributed by atoms with Crippen LogP contribution in [0.3, 0.4) is 0 Å². The first-order valence-corrected chi connectivity index (χ1v) is 26.8. The van der Waals surface area contributed by atoms with E-state index in [1.165, 1.54) is 21.3 Å². The van der Waals surface area contributed by atoms with E-state index in [-0.39, 0.29) is 54.6 Å². The molecule has 15 atom stereocenters. The standard InChI is InChI=1S/C48H75N7O24S3/c1-22(56)68-34-31(77-43(65-10)40(74-28(7)62)37(34)71-25(4)59)19-52-46(80)49-13-16-55(17-14-50-47(81)53-20-32-35(69-23(2)57)38(72-26(5)60)41(75-29(8)63)44(66-11)78-32)18-15-51-48(82)54-21-33-36(70-24(3)58)39(73-27(6)61)42(76-30(9)64)45(67-12)79-33/h31-45H,13-21H2,1-12H3,(H2,49,52,80)(H2,50,53,81)(H2,51,54,82)/t31-,32-,33-,34-,35-,36-,37+,38+,39+,40+,41+,42+,43+,44+,45+/m1/s1. The molecule has 0 aliphatic carbocycles. The number of hydrogen-bond acceptors (Lipinski definition) is 28. The van der Waals surface area contributed by atoms with Crippen molar-refractivity contribution < 1.29 is 114 Å². The molecular formula is C48H75N7O24S3. The lowest BCUT2D eigenvalue weighted by Gasteiger charge is -2.44. The van der Waals surface area contributed by atoms with Crippen molar-refractivity contribution in [3.05, 3.63) is 0 Å². The van der Waals surface area contributed by atoms with Gasteiger partial charge in [-0.25, -0.2) is 0 Å². The minimum absolute atomic E-state index is 0.103. The van der Waals surface area contributed by atoms with Crippen molar-refractivity contribution in [3.63, 3.8) is 0 Å². The highest BCUT2D eigenvalue weighted by atomic mass is 32.1. The maximum absolute atomic E-state index is 12.3. The van der Waals surface area contributed by atoms with Gasteiger partial charge >= 0.3 is 53.7 Å². The maximum Gasteiger partial charge on any atom is 0.303 e. The van der Waals surface area contributed by atoms with E-state index in [1.54, 1.807) is 0 Å². The van der Waals surface area contributed by atoms with Crippen LogP contribution in [-0.2, 0) is 114 Å². The smallest absolute Gasteiger partial charge is 0.303 e. The first-order chi connectivity index (χ1) is 38.7. The second kappa shape index (κ2) is 35.2. The second-order valence-corrected chi connectivity index (χ2v) is 19.5. The van der Waals surface area contributed by atoms with Gasteiger partial charge in [-0.2, -0.15) is 0 Å². The van der Waals surface area contributed by atoms with Crippen molar-refractivity contribution in [2.45, 2.75) is 154 Å². The summed E-state index contributed by atoms with van der Waals surface area (Å²) in [7, 11) is 3.87. The molecule has 0 spiro atoms. The molecule has 3 aliphatic rings. The number of nitrogens with one attached hydrogen (secondary N) is 6. The zero-order valence-corrected chi connectivity index (χ0v) is 49.9. The van der Waals surface area contributed by atoms with E-state index in [1.807, 2.05) is 4.90 Å². The summed E-state index contributed by atoms with van der Waals surface area (Å²) in [6, 6.07) is 0. The van der Waals surface area contributed by atoms with Gasteiger partial charge in [0.05, 0.1) is 0 Å². The van der Waals surface area contributed by atoms with Gasteiger partial charge in [-0.15, -0.1) is 0 Å². The fourth-order valence-electron chi connectivity index (χ4n) is 8.71. The third-order valence-electron chi connectivity index (χ3n) is 11.7. The van der Waals surface area contributed by atoms with Crippen molar-refractivity contribution in [2.24, 2.45) is 0 Å². The summed E-state index contributed by atoms with van der Waals surface area (Å²) in [6.45, 7) is 11.7. The zero-order chi connectivity index (χ0) is 61.4. The third-order valence-corrected chi connectivity index (χ3v) is 12.6. The van der Waals surface area contributed by atoms with Crippen LogP contribution < -0.4 is 31.9 Å².